The van der Waals surface area contributed by atoms with Crippen molar-refractivity contribution < 1.29 is 27.1 Å². The molecule has 1 atom stereocenters. The lowest BCUT2D eigenvalue weighted by molar-refractivity contribution is -0.142. The number of hydrogen-bond acceptors (Lipinski definition) is 6. The van der Waals surface area contributed by atoms with Gasteiger partial charge in [-0.05, 0) is 86.1 Å². The van der Waals surface area contributed by atoms with E-state index in [1.54, 1.807) is 43.3 Å². The minimum absolute atomic E-state index is 0.0651. The fraction of sp³-hybridized carbons (Fsp3) is 0.375. The molecule has 224 valence electrons. The van der Waals surface area contributed by atoms with Crippen LogP contribution in [-0.2, 0) is 30.9 Å². The van der Waals surface area contributed by atoms with Gasteiger partial charge in [0.1, 0.15) is 5.82 Å². The highest BCUT2D eigenvalue weighted by molar-refractivity contribution is 7.89. The van der Waals surface area contributed by atoms with Crippen molar-refractivity contribution in [1.82, 2.24) is 15.4 Å². The van der Waals surface area contributed by atoms with Crippen molar-refractivity contribution in [3.63, 3.8) is 0 Å². The molecule has 3 aromatic rings. The monoisotopic (exact) mass is 595 g/mol. The van der Waals surface area contributed by atoms with E-state index in [1.807, 2.05) is 31.2 Å². The predicted molar refractivity (Wildman–Crippen MR) is 159 cm³/mol. The van der Waals surface area contributed by atoms with Crippen molar-refractivity contribution in [2.75, 3.05) is 13.2 Å². The van der Waals surface area contributed by atoms with Crippen LogP contribution in [0.5, 0.6) is 0 Å². The van der Waals surface area contributed by atoms with E-state index in [2.05, 4.69) is 15.4 Å². The Hall–Kier alpha value is -3.60. The number of carbonyl (C=O) groups is 2. The van der Waals surface area contributed by atoms with E-state index >= 15 is 0 Å². The van der Waals surface area contributed by atoms with Gasteiger partial charge in [-0.15, -0.1) is 0 Å². The van der Waals surface area contributed by atoms with Gasteiger partial charge in [0.2, 0.25) is 15.9 Å². The topological polar surface area (TPSA) is 114 Å². The summed E-state index contributed by atoms with van der Waals surface area (Å²) >= 11 is 0. The maximum absolute atomic E-state index is 13.2. The summed E-state index contributed by atoms with van der Waals surface area (Å²) in [5.74, 6) is -0.862. The smallest absolute Gasteiger partial charge is 0.319 e. The molecule has 3 aromatic carbocycles. The standard InChI is InChI=1S/C32H38FN3O5S/c1-3-41-31(37)21-34-20-23-4-6-25(7-5-23)26-12-18-30(19-13-26)42(39,40)36-29-16-10-27(11-17-29)32(38)35-22(2)24-8-14-28(33)15-9-24/h4-9,12-15,18-19,22,27,29,34,36H,3,10-11,16-17,20-21H2,1-2H3,(H,35,38)/t22-,27?,29?/m1/s1. The summed E-state index contributed by atoms with van der Waals surface area (Å²) in [6.07, 6.45) is 2.31. The molecule has 1 aliphatic rings. The largest absolute Gasteiger partial charge is 0.465 e. The zero-order valence-electron chi connectivity index (χ0n) is 23.9. The summed E-state index contributed by atoms with van der Waals surface area (Å²) in [5.41, 5.74) is 3.68. The Morgan fingerprint density at radius 1 is 0.905 bits per heavy atom. The number of nitrogens with one attached hydrogen (secondary N) is 3. The van der Waals surface area contributed by atoms with Crippen LogP contribution in [0, 0.1) is 11.7 Å². The number of carbonyl (C=O) groups excluding carboxylic acids is 2. The summed E-state index contributed by atoms with van der Waals surface area (Å²) in [7, 11) is -3.71. The van der Waals surface area contributed by atoms with Gasteiger partial charge in [-0.3, -0.25) is 9.59 Å². The summed E-state index contributed by atoms with van der Waals surface area (Å²) in [6, 6.07) is 20.2. The molecule has 0 aliphatic heterocycles. The van der Waals surface area contributed by atoms with Gasteiger partial charge in [0, 0.05) is 18.5 Å². The maximum atomic E-state index is 13.2. The van der Waals surface area contributed by atoms with Gasteiger partial charge in [0.15, 0.2) is 0 Å². The number of amides is 1. The van der Waals surface area contributed by atoms with Gasteiger partial charge < -0.3 is 15.4 Å². The van der Waals surface area contributed by atoms with Crippen LogP contribution in [-0.4, -0.2) is 39.5 Å². The molecule has 42 heavy (non-hydrogen) atoms. The molecule has 1 fully saturated rings. The van der Waals surface area contributed by atoms with Gasteiger partial charge in [-0.1, -0.05) is 48.5 Å². The Bertz CT molecular complexity index is 1440. The van der Waals surface area contributed by atoms with Crippen molar-refractivity contribution in [3.05, 3.63) is 89.7 Å². The van der Waals surface area contributed by atoms with E-state index < -0.39 is 10.0 Å². The molecule has 1 amide bonds. The van der Waals surface area contributed by atoms with E-state index in [0.29, 0.717) is 38.8 Å². The molecule has 10 heteroatoms. The van der Waals surface area contributed by atoms with E-state index in [-0.39, 0.29) is 47.1 Å². The van der Waals surface area contributed by atoms with Crippen molar-refractivity contribution in [1.29, 1.82) is 0 Å². The van der Waals surface area contributed by atoms with Gasteiger partial charge in [-0.25, -0.2) is 17.5 Å². The molecule has 1 saturated carbocycles. The van der Waals surface area contributed by atoms with Crippen LogP contribution in [0.25, 0.3) is 11.1 Å². The zero-order chi connectivity index (χ0) is 30.1. The molecular weight excluding hydrogens is 557 g/mol. The first-order valence-corrected chi connectivity index (χ1v) is 15.8. The van der Waals surface area contributed by atoms with Crippen LogP contribution in [0.2, 0.25) is 0 Å². The van der Waals surface area contributed by atoms with Crippen LogP contribution in [0.4, 0.5) is 4.39 Å². The number of halogens is 1. The quantitative estimate of drug-likeness (QED) is 0.258. The molecule has 4 rings (SSSR count). The summed E-state index contributed by atoms with van der Waals surface area (Å²) in [6.45, 7) is 4.66. The van der Waals surface area contributed by atoms with E-state index in [4.69, 9.17) is 4.74 Å². The molecule has 0 aromatic heterocycles. The molecule has 0 heterocycles. The SMILES string of the molecule is CCOC(=O)CNCc1ccc(-c2ccc(S(=O)(=O)NC3CCC(C(=O)N[C@H](C)c4ccc(F)cc4)CC3)cc2)cc1. The zero-order valence-corrected chi connectivity index (χ0v) is 24.8. The number of benzene rings is 3. The van der Waals surface area contributed by atoms with Gasteiger partial charge in [0.05, 0.1) is 24.1 Å². The maximum Gasteiger partial charge on any atom is 0.319 e. The van der Waals surface area contributed by atoms with Gasteiger partial charge in [0.25, 0.3) is 0 Å². The third-order valence-electron chi connectivity index (χ3n) is 7.50. The number of rotatable bonds is 12. The van der Waals surface area contributed by atoms with Crippen molar-refractivity contribution in [2.45, 2.75) is 63.1 Å². The first-order chi connectivity index (χ1) is 20.1. The van der Waals surface area contributed by atoms with Crippen LogP contribution < -0.4 is 15.4 Å². The molecule has 0 bridgehead atoms. The molecule has 0 spiro atoms. The van der Waals surface area contributed by atoms with Crippen molar-refractivity contribution in [2.24, 2.45) is 5.92 Å². The number of hydrogen-bond donors (Lipinski definition) is 3. The second-order valence-corrected chi connectivity index (χ2v) is 12.3. The first-order valence-electron chi connectivity index (χ1n) is 14.3. The number of esters is 1. The average molecular weight is 596 g/mol. The summed E-state index contributed by atoms with van der Waals surface area (Å²) < 4.78 is 47.0. The fourth-order valence-electron chi connectivity index (χ4n) is 5.09. The van der Waals surface area contributed by atoms with Crippen molar-refractivity contribution >= 4 is 21.9 Å². The van der Waals surface area contributed by atoms with Gasteiger partial charge >= 0.3 is 5.97 Å². The van der Waals surface area contributed by atoms with Gasteiger partial charge in [-0.2, -0.15) is 0 Å². The Labute approximate surface area is 247 Å². The van der Waals surface area contributed by atoms with E-state index in [9.17, 15) is 22.4 Å². The minimum atomic E-state index is -3.71. The molecule has 0 radical (unpaired) electrons. The Kier molecular flexibility index (Phi) is 10.8. The van der Waals surface area contributed by atoms with Crippen LogP contribution >= 0.6 is 0 Å². The average Bonchev–Trinajstić information content (AvgIpc) is 2.98. The van der Waals surface area contributed by atoms with E-state index in [0.717, 1.165) is 22.3 Å². The number of ether oxygens (including phenoxy) is 1. The third-order valence-corrected chi connectivity index (χ3v) is 9.04. The molecule has 0 unspecified atom stereocenters. The lowest BCUT2D eigenvalue weighted by Crippen LogP contribution is -2.41. The fourth-order valence-corrected chi connectivity index (χ4v) is 6.39. The third kappa shape index (κ3) is 8.70. The number of sulfonamides is 1. The Morgan fingerprint density at radius 3 is 2.10 bits per heavy atom. The summed E-state index contributed by atoms with van der Waals surface area (Å²) in [4.78, 5) is 24.4. The Balaban J connectivity index is 1.25. The molecule has 1 aliphatic carbocycles. The molecule has 8 nitrogen and oxygen atoms in total. The molecule has 3 N–H and O–H groups in total. The lowest BCUT2D eigenvalue weighted by atomic mass is 9.85. The van der Waals surface area contributed by atoms with Crippen LogP contribution in [0.1, 0.15) is 56.7 Å². The summed E-state index contributed by atoms with van der Waals surface area (Å²) in [5, 5.41) is 6.04. The normalized spacial score (nSPS) is 17.8. The highest BCUT2D eigenvalue weighted by Crippen LogP contribution is 2.27. The highest BCUT2D eigenvalue weighted by Gasteiger charge is 2.29. The van der Waals surface area contributed by atoms with Crippen LogP contribution in [0.15, 0.2) is 77.7 Å². The highest BCUT2D eigenvalue weighted by atomic mass is 32.2. The first kappa shape index (κ1) is 31.3. The predicted octanol–water partition coefficient (Wildman–Crippen LogP) is 4.86. The second kappa shape index (κ2) is 14.5. The second-order valence-electron chi connectivity index (χ2n) is 10.6. The Morgan fingerprint density at radius 2 is 1.50 bits per heavy atom. The molecule has 0 saturated heterocycles. The van der Waals surface area contributed by atoms with Crippen LogP contribution in [0.3, 0.4) is 0 Å². The molecular formula is C32H38FN3O5S. The van der Waals surface area contributed by atoms with Crippen molar-refractivity contribution in [3.8, 4) is 11.1 Å². The lowest BCUT2D eigenvalue weighted by Gasteiger charge is -2.29. The van der Waals surface area contributed by atoms with E-state index in [1.165, 1.54) is 12.1 Å². The minimum Gasteiger partial charge on any atom is -0.465 e.